The van der Waals surface area contributed by atoms with Crippen LogP contribution in [0.3, 0.4) is 0 Å². The first-order chi connectivity index (χ1) is 4.72. The highest BCUT2D eigenvalue weighted by atomic mass is 16.3. The zero-order valence-electron chi connectivity index (χ0n) is 5.64. The molecule has 0 aliphatic rings. The minimum Gasteiger partial charge on any atom is -0.394 e. The molecule has 5 N–H and O–H groups in total. The van der Waals surface area contributed by atoms with Gasteiger partial charge in [-0.05, 0) is 0 Å². The molecule has 0 bridgehead atoms. The van der Waals surface area contributed by atoms with Crippen LogP contribution in [0.2, 0.25) is 0 Å². The third-order valence-corrected chi connectivity index (χ3v) is 0.521. The molecule has 0 aromatic carbocycles. The average molecular weight is 154 g/mol. The van der Waals surface area contributed by atoms with Crippen LogP contribution in [0.25, 0.3) is 0 Å². The van der Waals surface area contributed by atoms with Crippen LogP contribution in [0, 0.1) is 0 Å². The molecule has 0 saturated heterocycles. The summed E-state index contributed by atoms with van der Waals surface area (Å²) >= 11 is 0. The van der Waals surface area contributed by atoms with Crippen LogP contribution in [-0.2, 0) is 0 Å². The van der Waals surface area contributed by atoms with Crippen molar-refractivity contribution in [1.29, 1.82) is 0 Å². The zero-order valence-corrected chi connectivity index (χ0v) is 5.64. The van der Waals surface area contributed by atoms with Crippen molar-refractivity contribution >= 4 is 0 Å². The van der Waals surface area contributed by atoms with Gasteiger partial charge in [0, 0.05) is 0 Å². The minimum atomic E-state index is -0.954. The van der Waals surface area contributed by atoms with Crippen LogP contribution in [0.15, 0.2) is 0 Å². The van der Waals surface area contributed by atoms with Gasteiger partial charge >= 0.3 is 0 Å². The summed E-state index contributed by atoms with van der Waals surface area (Å²) < 4.78 is 0. The van der Waals surface area contributed by atoms with E-state index in [0.29, 0.717) is 0 Å². The lowest BCUT2D eigenvalue weighted by Gasteiger charge is -1.96. The summed E-state index contributed by atoms with van der Waals surface area (Å²) in [5, 5.41) is 39.3. The smallest absolute Gasteiger partial charge is 0.100 e. The second kappa shape index (κ2) is 11.6. The summed E-state index contributed by atoms with van der Waals surface area (Å²) in [5.41, 5.74) is 0. The monoisotopic (exact) mass is 154 g/mol. The van der Waals surface area contributed by atoms with E-state index in [1.54, 1.807) is 0 Å². The van der Waals surface area contributed by atoms with Crippen molar-refractivity contribution in [3.05, 3.63) is 0 Å². The van der Waals surface area contributed by atoms with Gasteiger partial charge < -0.3 is 25.5 Å². The maximum Gasteiger partial charge on any atom is 0.100 e. The number of rotatable bonds is 3. The van der Waals surface area contributed by atoms with Gasteiger partial charge in [-0.1, -0.05) is 0 Å². The molecule has 64 valence electrons. The maximum atomic E-state index is 8.17. The van der Waals surface area contributed by atoms with Crippen LogP contribution >= 0.6 is 0 Å². The fourth-order valence-corrected chi connectivity index (χ4v) is 0.0577. The molecule has 0 spiro atoms. The highest BCUT2D eigenvalue weighted by molar-refractivity contribution is 4.43. The van der Waals surface area contributed by atoms with Crippen molar-refractivity contribution in [3.63, 3.8) is 0 Å². The second-order valence-corrected chi connectivity index (χ2v) is 1.47. The molecule has 5 nitrogen and oxygen atoms in total. The standard InChI is InChI=1S/C3H8O3.C2H6O2/c4-1-3(6)2-5;3-1-2-4/h3-6H,1-2H2;3-4H,1-2H2. The van der Waals surface area contributed by atoms with Crippen molar-refractivity contribution in [3.8, 4) is 0 Å². The molecule has 0 atom stereocenters. The van der Waals surface area contributed by atoms with E-state index in [1.165, 1.54) is 0 Å². The van der Waals surface area contributed by atoms with Crippen molar-refractivity contribution < 1.29 is 25.5 Å². The first-order valence-corrected chi connectivity index (χ1v) is 2.84. The lowest BCUT2D eigenvalue weighted by Crippen LogP contribution is -2.15. The summed E-state index contributed by atoms with van der Waals surface area (Å²) in [5.74, 6) is 0. The Morgan fingerprint density at radius 2 is 1.10 bits per heavy atom. The van der Waals surface area contributed by atoms with Gasteiger partial charge in [0.2, 0.25) is 0 Å². The molecule has 0 saturated carbocycles. The lowest BCUT2D eigenvalue weighted by atomic mass is 10.4. The Hall–Kier alpha value is -0.200. The van der Waals surface area contributed by atoms with E-state index < -0.39 is 6.10 Å². The van der Waals surface area contributed by atoms with E-state index in [-0.39, 0.29) is 26.4 Å². The molecule has 10 heavy (non-hydrogen) atoms. The van der Waals surface area contributed by atoms with Crippen LogP contribution < -0.4 is 0 Å². The quantitative estimate of drug-likeness (QED) is 0.304. The van der Waals surface area contributed by atoms with Gasteiger partial charge in [0.15, 0.2) is 0 Å². The van der Waals surface area contributed by atoms with E-state index in [9.17, 15) is 0 Å². The van der Waals surface area contributed by atoms with Crippen molar-refractivity contribution in [2.24, 2.45) is 0 Å². The third-order valence-electron chi connectivity index (χ3n) is 0.521. The topological polar surface area (TPSA) is 101 Å². The second-order valence-electron chi connectivity index (χ2n) is 1.47. The Morgan fingerprint density at radius 3 is 1.10 bits per heavy atom. The van der Waals surface area contributed by atoms with E-state index in [1.807, 2.05) is 0 Å². The number of hydrogen-bond donors (Lipinski definition) is 5. The van der Waals surface area contributed by atoms with Crippen LogP contribution in [0.4, 0.5) is 0 Å². The summed E-state index contributed by atoms with van der Waals surface area (Å²) in [6, 6.07) is 0. The van der Waals surface area contributed by atoms with E-state index >= 15 is 0 Å². The maximum absolute atomic E-state index is 8.17. The molecule has 0 aromatic heterocycles. The minimum absolute atomic E-state index is 0.125. The van der Waals surface area contributed by atoms with Crippen molar-refractivity contribution in [2.75, 3.05) is 26.4 Å². The van der Waals surface area contributed by atoms with Crippen LogP contribution in [0.1, 0.15) is 0 Å². The molecule has 0 amide bonds. The zero-order chi connectivity index (χ0) is 8.41. The Morgan fingerprint density at radius 1 is 0.800 bits per heavy atom. The molecule has 0 heterocycles. The number of hydrogen-bond acceptors (Lipinski definition) is 5. The van der Waals surface area contributed by atoms with Crippen molar-refractivity contribution in [1.82, 2.24) is 0 Å². The van der Waals surface area contributed by atoms with E-state index in [4.69, 9.17) is 25.5 Å². The molecular weight excluding hydrogens is 140 g/mol. The average Bonchev–Trinajstić information content (AvgIpc) is 2.03. The Kier molecular flexibility index (Phi) is 14.4. The summed E-state index contributed by atoms with van der Waals surface area (Å²) in [6.45, 7) is -0.979. The predicted molar refractivity (Wildman–Crippen MR) is 34.3 cm³/mol. The first-order valence-electron chi connectivity index (χ1n) is 2.84. The van der Waals surface area contributed by atoms with Crippen LogP contribution in [-0.4, -0.2) is 58.1 Å². The summed E-state index contributed by atoms with van der Waals surface area (Å²) in [7, 11) is 0. The van der Waals surface area contributed by atoms with Gasteiger partial charge in [-0.15, -0.1) is 0 Å². The Labute approximate surface area is 59.2 Å². The number of aliphatic hydroxyl groups is 5. The van der Waals surface area contributed by atoms with Gasteiger partial charge in [-0.2, -0.15) is 0 Å². The summed E-state index contributed by atoms with van der Waals surface area (Å²) in [4.78, 5) is 0. The fraction of sp³-hybridized carbons (Fsp3) is 1.00. The molecule has 0 radical (unpaired) electrons. The SMILES string of the molecule is OCC(O)CO.OCCO. The Balaban J connectivity index is 0. The molecule has 0 aliphatic carbocycles. The highest BCUT2D eigenvalue weighted by Crippen LogP contribution is 1.71. The summed E-state index contributed by atoms with van der Waals surface area (Å²) in [6.07, 6.45) is -0.954. The Bertz CT molecular complexity index is 43.3. The molecule has 0 rings (SSSR count). The first kappa shape index (κ1) is 12.5. The third kappa shape index (κ3) is 15.7. The van der Waals surface area contributed by atoms with Crippen LogP contribution in [0.5, 0.6) is 0 Å². The molecule has 0 aliphatic heterocycles. The highest BCUT2D eigenvalue weighted by Gasteiger charge is 1.93. The molecule has 0 unspecified atom stereocenters. The largest absolute Gasteiger partial charge is 0.394 e. The van der Waals surface area contributed by atoms with Crippen molar-refractivity contribution in [2.45, 2.75) is 6.10 Å². The van der Waals surface area contributed by atoms with Gasteiger partial charge in [0.05, 0.1) is 26.4 Å². The normalized spacial score (nSPS) is 9.00. The lowest BCUT2D eigenvalue weighted by molar-refractivity contribution is 0.0450. The molecule has 5 heteroatoms. The van der Waals surface area contributed by atoms with Gasteiger partial charge in [0.1, 0.15) is 6.10 Å². The van der Waals surface area contributed by atoms with E-state index in [2.05, 4.69) is 0 Å². The fourth-order valence-electron chi connectivity index (χ4n) is 0.0577. The van der Waals surface area contributed by atoms with Gasteiger partial charge in [-0.3, -0.25) is 0 Å². The molecule has 0 aromatic rings. The molecular formula is C5H14O5. The predicted octanol–water partition coefficient (Wildman–Crippen LogP) is -2.70. The van der Waals surface area contributed by atoms with Gasteiger partial charge in [-0.25, -0.2) is 0 Å². The van der Waals surface area contributed by atoms with E-state index in [0.717, 1.165) is 0 Å². The molecule has 0 fully saturated rings. The number of aliphatic hydroxyl groups excluding tert-OH is 5. The van der Waals surface area contributed by atoms with Gasteiger partial charge in [0.25, 0.3) is 0 Å².